The van der Waals surface area contributed by atoms with Crippen LogP contribution in [0.15, 0.2) is 0 Å². The molecule has 0 heterocycles. The molecule has 0 spiro atoms. The highest BCUT2D eigenvalue weighted by Crippen LogP contribution is 2.39. The quantitative estimate of drug-likeness (QED) is 0.570. The van der Waals surface area contributed by atoms with Gasteiger partial charge in [0.05, 0.1) is 0 Å². The summed E-state index contributed by atoms with van der Waals surface area (Å²) in [5, 5.41) is 0. The Bertz CT molecular complexity index is 113. The lowest BCUT2D eigenvalue weighted by atomic mass is 9.70. The van der Waals surface area contributed by atoms with E-state index in [-0.39, 0.29) is 0 Å². The van der Waals surface area contributed by atoms with E-state index in [1.54, 1.807) is 5.92 Å². The van der Waals surface area contributed by atoms with Gasteiger partial charge < -0.3 is 0 Å². The predicted molar refractivity (Wildman–Crippen MR) is 57.1 cm³/mol. The molecule has 0 fully saturated rings. The van der Waals surface area contributed by atoms with E-state index < -0.39 is 0 Å². The predicted octanol–water partition coefficient (Wildman–Crippen LogP) is 4.45. The molecule has 73 valence electrons. The molecule has 0 nitrogen and oxygen atoms in total. The lowest BCUT2D eigenvalue weighted by Gasteiger charge is -2.35. The lowest BCUT2D eigenvalue weighted by molar-refractivity contribution is 0.295. The van der Waals surface area contributed by atoms with Crippen molar-refractivity contribution in [1.29, 1.82) is 0 Å². The van der Waals surface area contributed by atoms with Gasteiger partial charge in [-0.25, -0.2) is 0 Å². The second-order valence-electron chi connectivity index (χ2n) is 4.63. The maximum atomic E-state index is 2.37. The molecule has 0 N–H and O–H groups in total. The van der Waals surface area contributed by atoms with E-state index in [1.807, 2.05) is 0 Å². The molecule has 0 rings (SSSR count). The lowest BCUT2D eigenvalue weighted by Crippen LogP contribution is -2.24. The van der Waals surface area contributed by atoms with Gasteiger partial charge in [-0.3, -0.25) is 0 Å². The third kappa shape index (κ3) is 3.16. The highest BCUT2D eigenvalue weighted by atomic mass is 14.3. The first-order valence-electron chi connectivity index (χ1n) is 5.29. The van der Waals surface area contributed by atoms with E-state index in [9.17, 15) is 0 Å². The zero-order chi connectivity index (χ0) is 9.78. The van der Waals surface area contributed by atoms with E-state index in [1.165, 1.54) is 19.3 Å². The van der Waals surface area contributed by atoms with Gasteiger partial charge >= 0.3 is 0 Å². The summed E-state index contributed by atoms with van der Waals surface area (Å²) in [7, 11) is 0. The minimum Gasteiger partial charge on any atom is -0.0654 e. The van der Waals surface area contributed by atoms with Gasteiger partial charge in [-0.05, 0) is 23.7 Å². The van der Waals surface area contributed by atoms with Crippen LogP contribution in [0.3, 0.4) is 0 Å². The van der Waals surface area contributed by atoms with Crippen molar-refractivity contribution in [2.75, 3.05) is 0 Å². The van der Waals surface area contributed by atoms with Gasteiger partial charge in [-0.15, -0.1) is 0 Å². The Morgan fingerprint density at radius 3 is 2.08 bits per heavy atom. The Morgan fingerprint density at radius 1 is 1.25 bits per heavy atom. The van der Waals surface area contributed by atoms with E-state index in [0.717, 1.165) is 5.92 Å². The molecule has 0 aliphatic heterocycles. The van der Waals surface area contributed by atoms with Crippen molar-refractivity contribution < 1.29 is 0 Å². The van der Waals surface area contributed by atoms with Crippen LogP contribution in [0, 0.1) is 17.3 Å². The normalized spacial score (nSPS) is 15.2. The average molecular weight is 169 g/mol. The minimum atomic E-state index is 0.449. The van der Waals surface area contributed by atoms with Crippen LogP contribution in [0.2, 0.25) is 0 Å². The molecule has 0 aromatic carbocycles. The van der Waals surface area contributed by atoms with E-state index >= 15 is 0 Å². The van der Waals surface area contributed by atoms with Gasteiger partial charge in [0.2, 0.25) is 0 Å². The van der Waals surface area contributed by atoms with Crippen molar-refractivity contribution in [2.45, 2.75) is 60.8 Å². The van der Waals surface area contributed by atoms with Gasteiger partial charge in [0, 0.05) is 0 Å². The summed E-state index contributed by atoms with van der Waals surface area (Å²) in [5.74, 6) is 2.46. The summed E-state index contributed by atoms with van der Waals surface area (Å²) >= 11 is 0. The number of rotatable bonds is 5. The summed E-state index contributed by atoms with van der Waals surface area (Å²) in [6, 6.07) is 0. The van der Waals surface area contributed by atoms with Crippen LogP contribution in [0.5, 0.6) is 0 Å². The summed E-state index contributed by atoms with van der Waals surface area (Å²) in [6.07, 6.45) is 3.89. The Labute approximate surface area is 78.8 Å². The number of hydrogen-bond acceptors (Lipinski definition) is 0. The van der Waals surface area contributed by atoms with Crippen molar-refractivity contribution in [1.82, 2.24) is 0 Å². The summed E-state index contributed by atoms with van der Waals surface area (Å²) < 4.78 is 0. The molecule has 0 amide bonds. The first kappa shape index (κ1) is 12.0. The molecule has 0 bridgehead atoms. The smallest absolute Gasteiger partial charge is 0.0188 e. The fourth-order valence-corrected chi connectivity index (χ4v) is 1.80. The Morgan fingerprint density at radius 2 is 1.75 bits per heavy atom. The van der Waals surface area contributed by atoms with Crippen LogP contribution in [-0.2, 0) is 0 Å². The molecule has 0 aromatic rings. The summed E-state index contributed by atoms with van der Waals surface area (Å²) in [4.78, 5) is 0. The molecule has 1 atom stereocenters. The molecule has 0 heteroatoms. The summed E-state index contributed by atoms with van der Waals surface area (Å²) in [5.41, 5.74) is 0.449. The van der Waals surface area contributed by atoms with Crippen LogP contribution < -0.4 is 0 Å². The van der Waals surface area contributed by atoms with Crippen LogP contribution in [0.25, 0.3) is 0 Å². The first-order valence-corrected chi connectivity index (χ1v) is 5.29. The van der Waals surface area contributed by atoms with Gasteiger partial charge in [0.1, 0.15) is 0 Å². The Balaban J connectivity index is 4.13. The molecular formula is C12H25. The van der Waals surface area contributed by atoms with Crippen LogP contribution >= 0.6 is 0 Å². The van der Waals surface area contributed by atoms with Crippen molar-refractivity contribution in [3.05, 3.63) is 5.92 Å². The zero-order valence-corrected chi connectivity index (χ0v) is 9.70. The van der Waals surface area contributed by atoms with Crippen LogP contribution in [-0.4, -0.2) is 0 Å². The molecule has 0 aromatic heterocycles. The summed E-state index contributed by atoms with van der Waals surface area (Å²) in [6.45, 7) is 14.0. The van der Waals surface area contributed by atoms with Crippen LogP contribution in [0.1, 0.15) is 60.8 Å². The van der Waals surface area contributed by atoms with E-state index in [4.69, 9.17) is 0 Å². The molecule has 1 unspecified atom stereocenters. The number of hydrogen-bond donors (Lipinski definition) is 0. The van der Waals surface area contributed by atoms with Crippen LogP contribution in [0.4, 0.5) is 0 Å². The molecule has 0 saturated heterocycles. The van der Waals surface area contributed by atoms with Crippen molar-refractivity contribution in [2.24, 2.45) is 11.3 Å². The van der Waals surface area contributed by atoms with Gasteiger partial charge in [0.15, 0.2) is 0 Å². The second kappa shape index (κ2) is 4.89. The minimum absolute atomic E-state index is 0.449. The standard InChI is InChI=1S/C12H25/c1-7-9-12(5,6)11(4)10(3)8-2/h10H,7-9H2,1-6H3. The fourth-order valence-electron chi connectivity index (χ4n) is 1.80. The Kier molecular flexibility index (Phi) is 4.89. The van der Waals surface area contributed by atoms with Crippen molar-refractivity contribution in [3.63, 3.8) is 0 Å². The maximum Gasteiger partial charge on any atom is -0.0188 e. The highest BCUT2D eigenvalue weighted by molar-refractivity contribution is 5.01. The third-order valence-corrected chi connectivity index (χ3v) is 3.29. The second-order valence-corrected chi connectivity index (χ2v) is 4.63. The molecule has 12 heavy (non-hydrogen) atoms. The topological polar surface area (TPSA) is 0 Å². The van der Waals surface area contributed by atoms with E-state index in [0.29, 0.717) is 5.41 Å². The van der Waals surface area contributed by atoms with Gasteiger partial charge in [0.25, 0.3) is 0 Å². The molecule has 1 radical (unpaired) electrons. The molecular weight excluding hydrogens is 144 g/mol. The molecule has 0 aliphatic rings. The highest BCUT2D eigenvalue weighted by Gasteiger charge is 2.28. The van der Waals surface area contributed by atoms with Crippen molar-refractivity contribution >= 4 is 0 Å². The van der Waals surface area contributed by atoms with Gasteiger partial charge in [-0.2, -0.15) is 0 Å². The first-order chi connectivity index (χ1) is 5.45. The monoisotopic (exact) mass is 169 g/mol. The molecule has 0 aliphatic carbocycles. The molecule has 0 saturated carbocycles. The largest absolute Gasteiger partial charge is 0.0654 e. The Hall–Kier alpha value is 0. The maximum absolute atomic E-state index is 2.37. The third-order valence-electron chi connectivity index (χ3n) is 3.29. The SMILES string of the molecule is CCCC(C)(C)[C](C)C(C)CC. The zero-order valence-electron chi connectivity index (χ0n) is 9.70. The van der Waals surface area contributed by atoms with Crippen molar-refractivity contribution in [3.8, 4) is 0 Å². The average Bonchev–Trinajstić information content (AvgIpc) is 2.01. The van der Waals surface area contributed by atoms with Gasteiger partial charge in [-0.1, -0.05) is 54.4 Å². The fraction of sp³-hybridized carbons (Fsp3) is 0.917. The van der Waals surface area contributed by atoms with E-state index in [2.05, 4.69) is 41.5 Å².